The van der Waals surface area contributed by atoms with Crippen molar-refractivity contribution in [2.75, 3.05) is 0 Å². The van der Waals surface area contributed by atoms with Gasteiger partial charge in [0.2, 0.25) is 5.91 Å². The number of aryl methyl sites for hydroxylation is 1. The molecule has 1 heterocycles. The smallest absolute Gasteiger partial charge is 0.347 e. The van der Waals surface area contributed by atoms with Gasteiger partial charge in [-0.1, -0.05) is 19.8 Å². The maximum atomic E-state index is 13.3. The molecule has 21 heavy (non-hydrogen) atoms. The summed E-state index contributed by atoms with van der Waals surface area (Å²) in [6.07, 6.45) is -3.07. The van der Waals surface area contributed by atoms with Crippen molar-refractivity contribution in [2.24, 2.45) is 5.41 Å². The molecule has 1 saturated carbocycles. The Balaban J connectivity index is 2.12. The third-order valence-corrected chi connectivity index (χ3v) is 5.11. The van der Waals surface area contributed by atoms with Crippen LogP contribution in [0.15, 0.2) is 5.38 Å². The summed E-state index contributed by atoms with van der Waals surface area (Å²) in [7, 11) is 0. The van der Waals surface area contributed by atoms with Crippen LogP contribution in [0.2, 0.25) is 0 Å². The molecule has 0 saturated heterocycles. The molecule has 0 spiro atoms. The molecule has 7 heteroatoms. The predicted molar refractivity (Wildman–Crippen MR) is 75.0 cm³/mol. The maximum Gasteiger partial charge on any atom is 0.403 e. The van der Waals surface area contributed by atoms with E-state index in [4.69, 9.17) is 0 Å². The van der Waals surface area contributed by atoms with Crippen LogP contribution in [0.25, 0.3) is 0 Å². The fourth-order valence-corrected chi connectivity index (χ4v) is 3.55. The van der Waals surface area contributed by atoms with Gasteiger partial charge in [0, 0.05) is 5.38 Å². The van der Waals surface area contributed by atoms with Crippen molar-refractivity contribution in [1.29, 1.82) is 0 Å². The van der Waals surface area contributed by atoms with Gasteiger partial charge in [-0.3, -0.25) is 4.79 Å². The Bertz CT molecular complexity index is 507. The second-order valence-corrected chi connectivity index (χ2v) is 6.44. The molecule has 0 aliphatic heterocycles. The van der Waals surface area contributed by atoms with Crippen LogP contribution in [0.1, 0.15) is 56.3 Å². The highest BCUT2D eigenvalue weighted by Gasteiger charge is 2.61. The largest absolute Gasteiger partial charge is 0.403 e. The number of aromatic nitrogens is 1. The Morgan fingerprint density at radius 2 is 2.10 bits per heavy atom. The minimum absolute atomic E-state index is 0.119. The van der Waals surface area contributed by atoms with Crippen LogP contribution in [-0.4, -0.2) is 17.1 Å². The zero-order valence-electron chi connectivity index (χ0n) is 12.1. The fraction of sp³-hybridized carbons (Fsp3) is 0.714. The maximum absolute atomic E-state index is 13.3. The Kier molecular flexibility index (Phi) is 4.60. The molecule has 2 rings (SSSR count). The molecule has 1 amide bonds. The number of nitrogens with zero attached hydrogens (tertiary/aromatic N) is 1. The van der Waals surface area contributed by atoms with Crippen LogP contribution in [0.3, 0.4) is 0 Å². The zero-order valence-corrected chi connectivity index (χ0v) is 12.9. The molecular formula is C14H19F3N2OS. The average Bonchev–Trinajstić information content (AvgIpc) is 3.07. The van der Waals surface area contributed by atoms with Crippen molar-refractivity contribution in [3.63, 3.8) is 0 Å². The lowest BCUT2D eigenvalue weighted by atomic mass is 9.84. The number of rotatable bonds is 4. The monoisotopic (exact) mass is 320 g/mol. The highest BCUT2D eigenvalue weighted by atomic mass is 32.1. The first-order valence-electron chi connectivity index (χ1n) is 7.12. The number of nitrogens with one attached hydrogen (secondary N) is 1. The van der Waals surface area contributed by atoms with E-state index in [0.717, 1.165) is 11.4 Å². The molecule has 1 fully saturated rings. The molecule has 1 atom stereocenters. The van der Waals surface area contributed by atoms with E-state index >= 15 is 0 Å². The average molecular weight is 320 g/mol. The molecule has 0 radical (unpaired) electrons. The molecule has 0 aromatic carbocycles. The van der Waals surface area contributed by atoms with E-state index in [1.165, 1.54) is 11.3 Å². The number of halogens is 3. The molecular weight excluding hydrogens is 301 g/mol. The first-order valence-corrected chi connectivity index (χ1v) is 8.00. The van der Waals surface area contributed by atoms with Crippen LogP contribution >= 0.6 is 11.3 Å². The van der Waals surface area contributed by atoms with E-state index in [0.29, 0.717) is 18.5 Å². The summed E-state index contributed by atoms with van der Waals surface area (Å²) in [6, 6.07) is -0.506. The number of amides is 1. The highest BCUT2D eigenvalue weighted by Crippen LogP contribution is 2.50. The van der Waals surface area contributed by atoms with Gasteiger partial charge < -0.3 is 5.32 Å². The van der Waals surface area contributed by atoms with Gasteiger partial charge in [-0.25, -0.2) is 4.98 Å². The van der Waals surface area contributed by atoms with Crippen molar-refractivity contribution in [3.8, 4) is 0 Å². The lowest BCUT2D eigenvalue weighted by molar-refractivity contribution is -0.220. The topological polar surface area (TPSA) is 42.0 Å². The van der Waals surface area contributed by atoms with Gasteiger partial charge >= 0.3 is 6.18 Å². The summed E-state index contributed by atoms with van der Waals surface area (Å²) in [4.78, 5) is 16.5. The molecule has 1 aliphatic rings. The van der Waals surface area contributed by atoms with Crippen molar-refractivity contribution < 1.29 is 18.0 Å². The molecule has 0 bridgehead atoms. The number of hydrogen-bond acceptors (Lipinski definition) is 3. The van der Waals surface area contributed by atoms with Crippen LogP contribution in [0, 0.1) is 5.41 Å². The summed E-state index contributed by atoms with van der Waals surface area (Å²) in [5.41, 5.74) is -1.59. The van der Waals surface area contributed by atoms with Crippen LogP contribution in [0.5, 0.6) is 0 Å². The van der Waals surface area contributed by atoms with Crippen molar-refractivity contribution in [2.45, 2.75) is 58.2 Å². The van der Waals surface area contributed by atoms with E-state index in [1.54, 1.807) is 12.3 Å². The normalized spacial score (nSPS) is 19.5. The number of carbonyl (C=O) groups is 1. The fourth-order valence-electron chi connectivity index (χ4n) is 2.71. The number of alkyl halides is 3. The SMILES string of the molecule is CCc1nc(C(C)NC(=O)C2(C(F)(F)F)CCCC2)cs1. The van der Waals surface area contributed by atoms with E-state index in [1.807, 2.05) is 6.92 Å². The third-order valence-electron chi connectivity index (χ3n) is 4.10. The molecule has 1 aromatic heterocycles. The predicted octanol–water partition coefficient (Wildman–Crippen LogP) is 4.01. The summed E-state index contributed by atoms with van der Waals surface area (Å²) < 4.78 is 39.9. The second-order valence-electron chi connectivity index (χ2n) is 5.50. The van der Waals surface area contributed by atoms with Crippen molar-refractivity contribution in [1.82, 2.24) is 10.3 Å². The Morgan fingerprint density at radius 3 is 2.57 bits per heavy atom. The molecule has 1 N–H and O–H groups in total. The van der Waals surface area contributed by atoms with E-state index < -0.39 is 23.5 Å². The standard InChI is InChI=1S/C14H19F3N2OS/c1-3-11-19-10(8-21-11)9(2)18-12(20)13(14(15,16)17)6-4-5-7-13/h8-9H,3-7H2,1-2H3,(H,18,20). The Labute approximate surface area is 126 Å². The summed E-state index contributed by atoms with van der Waals surface area (Å²) in [6.45, 7) is 3.63. The summed E-state index contributed by atoms with van der Waals surface area (Å²) in [5, 5.41) is 5.21. The molecule has 1 aromatic rings. The van der Waals surface area contributed by atoms with Gasteiger partial charge in [-0.05, 0) is 26.2 Å². The molecule has 3 nitrogen and oxygen atoms in total. The Morgan fingerprint density at radius 1 is 1.48 bits per heavy atom. The van der Waals surface area contributed by atoms with Gasteiger partial charge in [0.1, 0.15) is 5.41 Å². The minimum Gasteiger partial charge on any atom is -0.347 e. The third kappa shape index (κ3) is 3.07. The second kappa shape index (κ2) is 5.94. The molecule has 118 valence electrons. The first-order chi connectivity index (χ1) is 9.80. The summed E-state index contributed by atoms with van der Waals surface area (Å²) in [5.74, 6) is -0.911. The first kappa shape index (κ1) is 16.3. The van der Waals surface area contributed by atoms with Crippen LogP contribution in [0.4, 0.5) is 13.2 Å². The van der Waals surface area contributed by atoms with E-state index in [-0.39, 0.29) is 12.8 Å². The van der Waals surface area contributed by atoms with Crippen LogP contribution in [-0.2, 0) is 11.2 Å². The lowest BCUT2D eigenvalue weighted by Crippen LogP contribution is -2.49. The van der Waals surface area contributed by atoms with Crippen molar-refractivity contribution >= 4 is 17.2 Å². The van der Waals surface area contributed by atoms with Crippen molar-refractivity contribution in [3.05, 3.63) is 16.1 Å². The van der Waals surface area contributed by atoms with Gasteiger partial charge in [-0.15, -0.1) is 11.3 Å². The molecule has 1 unspecified atom stereocenters. The van der Waals surface area contributed by atoms with Gasteiger partial charge in [-0.2, -0.15) is 13.2 Å². The molecule has 1 aliphatic carbocycles. The van der Waals surface area contributed by atoms with E-state index in [2.05, 4.69) is 10.3 Å². The number of thiazole rings is 1. The lowest BCUT2D eigenvalue weighted by Gasteiger charge is -2.31. The summed E-state index contributed by atoms with van der Waals surface area (Å²) >= 11 is 1.46. The minimum atomic E-state index is -4.50. The van der Waals surface area contributed by atoms with Crippen LogP contribution < -0.4 is 5.32 Å². The Hall–Kier alpha value is -1.11. The van der Waals surface area contributed by atoms with Gasteiger partial charge in [0.25, 0.3) is 0 Å². The number of hydrogen-bond donors (Lipinski definition) is 1. The van der Waals surface area contributed by atoms with Gasteiger partial charge in [0.15, 0.2) is 0 Å². The van der Waals surface area contributed by atoms with E-state index in [9.17, 15) is 18.0 Å². The zero-order chi connectivity index (χ0) is 15.7. The van der Waals surface area contributed by atoms with Gasteiger partial charge in [0.05, 0.1) is 16.7 Å². The highest BCUT2D eigenvalue weighted by molar-refractivity contribution is 7.09. The quantitative estimate of drug-likeness (QED) is 0.911. The number of carbonyl (C=O) groups excluding carboxylic acids is 1.